The van der Waals surface area contributed by atoms with E-state index in [4.69, 9.17) is 16.3 Å². The Balaban J connectivity index is 0.00000225. The molecule has 122 valence electrons. The molecule has 1 heterocycles. The Morgan fingerprint density at radius 1 is 1.24 bits per heavy atom. The Hall–Kier alpha value is -1.44. The minimum absolute atomic E-state index is 0. The van der Waals surface area contributed by atoms with Crippen LogP contribution in [-0.4, -0.2) is 11.0 Å². The molecular formula is C17H10ClFNNaO3S. The van der Waals surface area contributed by atoms with Crippen molar-refractivity contribution >= 4 is 28.9 Å². The molecule has 2 aromatic carbocycles. The van der Waals surface area contributed by atoms with E-state index < -0.39 is 11.8 Å². The van der Waals surface area contributed by atoms with Gasteiger partial charge in [-0.2, -0.15) is 0 Å². The molecule has 0 spiro atoms. The molecule has 0 aliphatic carbocycles. The molecule has 4 nitrogen and oxygen atoms in total. The number of carbonyl (C=O) groups excluding carboxylic acids is 1. The third-order valence-electron chi connectivity index (χ3n) is 3.18. The first kappa shape index (κ1) is 19.9. The Bertz CT molecular complexity index is 903. The predicted octanol–water partition coefficient (Wildman–Crippen LogP) is 0.549. The molecule has 0 N–H and O–H groups in total. The van der Waals surface area contributed by atoms with E-state index in [0.717, 1.165) is 11.3 Å². The van der Waals surface area contributed by atoms with Crippen LogP contribution in [0.15, 0.2) is 48.5 Å². The molecule has 3 rings (SSSR count). The van der Waals surface area contributed by atoms with Gasteiger partial charge in [-0.1, -0.05) is 41.9 Å². The normalized spacial score (nSPS) is 10.2. The molecule has 0 atom stereocenters. The zero-order chi connectivity index (χ0) is 17.1. The number of carboxylic acids is 1. The van der Waals surface area contributed by atoms with Gasteiger partial charge in [-0.05, 0) is 18.2 Å². The van der Waals surface area contributed by atoms with Crippen LogP contribution in [0.2, 0.25) is 5.02 Å². The molecule has 0 radical (unpaired) electrons. The van der Waals surface area contributed by atoms with Gasteiger partial charge >= 0.3 is 29.6 Å². The number of carboxylic acid groups (broad SMARTS) is 1. The summed E-state index contributed by atoms with van der Waals surface area (Å²) >= 11 is 6.91. The summed E-state index contributed by atoms with van der Waals surface area (Å²) in [6.07, 6.45) is 0. The van der Waals surface area contributed by atoms with Crippen molar-refractivity contribution in [2.24, 2.45) is 0 Å². The summed E-state index contributed by atoms with van der Waals surface area (Å²) in [5, 5.41) is 12.1. The Morgan fingerprint density at radius 2 is 2.00 bits per heavy atom. The second-order valence-corrected chi connectivity index (χ2v) is 6.24. The van der Waals surface area contributed by atoms with Crippen molar-refractivity contribution in [1.82, 2.24) is 4.98 Å². The molecule has 1 aromatic heterocycles. The van der Waals surface area contributed by atoms with Gasteiger partial charge in [-0.3, -0.25) is 0 Å². The van der Waals surface area contributed by atoms with Gasteiger partial charge in [0.2, 0.25) is 5.88 Å². The van der Waals surface area contributed by atoms with Crippen molar-refractivity contribution in [2.75, 3.05) is 0 Å². The van der Waals surface area contributed by atoms with E-state index in [1.807, 2.05) is 0 Å². The van der Waals surface area contributed by atoms with E-state index in [0.29, 0.717) is 21.2 Å². The van der Waals surface area contributed by atoms with E-state index in [2.05, 4.69) is 4.98 Å². The van der Waals surface area contributed by atoms with Gasteiger partial charge in [0.05, 0.1) is 5.97 Å². The van der Waals surface area contributed by atoms with Crippen LogP contribution in [0.1, 0.15) is 15.2 Å². The molecule has 0 saturated heterocycles. The quantitative estimate of drug-likeness (QED) is 0.602. The van der Waals surface area contributed by atoms with Crippen LogP contribution in [0.5, 0.6) is 5.88 Å². The number of nitrogens with zero attached hydrogens (tertiary/aromatic N) is 1. The monoisotopic (exact) mass is 385 g/mol. The first-order valence-corrected chi connectivity index (χ1v) is 8.08. The van der Waals surface area contributed by atoms with E-state index in [1.165, 1.54) is 18.2 Å². The van der Waals surface area contributed by atoms with Crippen molar-refractivity contribution in [3.63, 3.8) is 0 Å². The molecule has 0 aliphatic heterocycles. The third kappa shape index (κ3) is 4.80. The Kier molecular flexibility index (Phi) is 6.98. The fourth-order valence-electron chi connectivity index (χ4n) is 2.04. The number of thiazole rings is 1. The summed E-state index contributed by atoms with van der Waals surface area (Å²) in [6.45, 7) is 0.0618. The second-order valence-electron chi connectivity index (χ2n) is 4.83. The van der Waals surface area contributed by atoms with Gasteiger partial charge in [-0.25, -0.2) is 9.37 Å². The largest absolute Gasteiger partial charge is 1.00 e. The molecular weight excluding hydrogens is 376 g/mol. The zero-order valence-electron chi connectivity index (χ0n) is 13.2. The van der Waals surface area contributed by atoms with E-state index in [9.17, 15) is 14.3 Å². The Morgan fingerprint density at radius 3 is 2.68 bits per heavy atom. The Labute approximate surface area is 174 Å². The van der Waals surface area contributed by atoms with Gasteiger partial charge in [0, 0.05) is 16.1 Å². The summed E-state index contributed by atoms with van der Waals surface area (Å²) in [4.78, 5) is 15.3. The van der Waals surface area contributed by atoms with Crippen LogP contribution in [-0.2, 0) is 6.61 Å². The standard InChI is InChI=1S/C17H11ClFNO3S.Na/c18-13-7-2-1-4-11(13)9-23-15-14(17(21)22)24-16(20-15)10-5-3-6-12(19)8-10;/h1-8H,9H2,(H,21,22);/q;+1/p-1. The average Bonchev–Trinajstić information content (AvgIpc) is 2.99. The van der Waals surface area contributed by atoms with Gasteiger partial charge in [0.15, 0.2) is 0 Å². The number of benzene rings is 2. The van der Waals surface area contributed by atoms with Crippen LogP contribution in [0.4, 0.5) is 4.39 Å². The number of ether oxygens (including phenoxy) is 1. The minimum Gasteiger partial charge on any atom is -0.544 e. The summed E-state index contributed by atoms with van der Waals surface area (Å²) in [5.74, 6) is -1.90. The molecule has 0 bridgehead atoms. The van der Waals surface area contributed by atoms with Gasteiger partial charge < -0.3 is 14.6 Å². The van der Waals surface area contributed by atoms with Crippen LogP contribution in [0.25, 0.3) is 10.6 Å². The van der Waals surface area contributed by atoms with Crippen molar-refractivity contribution < 1.29 is 48.6 Å². The molecule has 3 aromatic rings. The summed E-state index contributed by atoms with van der Waals surface area (Å²) in [6, 6.07) is 12.8. The zero-order valence-corrected chi connectivity index (χ0v) is 16.7. The van der Waals surface area contributed by atoms with Crippen LogP contribution in [0.3, 0.4) is 0 Å². The van der Waals surface area contributed by atoms with Crippen LogP contribution in [0, 0.1) is 5.82 Å². The number of carbonyl (C=O) groups is 1. The van der Waals surface area contributed by atoms with Crippen LogP contribution < -0.4 is 39.4 Å². The van der Waals surface area contributed by atoms with E-state index in [-0.39, 0.29) is 46.9 Å². The van der Waals surface area contributed by atoms with Crippen molar-refractivity contribution in [3.05, 3.63) is 69.8 Å². The fourth-order valence-corrected chi connectivity index (χ4v) is 3.07. The summed E-state index contributed by atoms with van der Waals surface area (Å²) in [7, 11) is 0. The minimum atomic E-state index is -1.40. The second kappa shape index (κ2) is 8.78. The summed E-state index contributed by atoms with van der Waals surface area (Å²) in [5.41, 5.74) is 1.17. The number of aromatic carboxylic acids is 1. The molecule has 0 unspecified atom stereocenters. The first-order chi connectivity index (χ1) is 11.5. The SMILES string of the molecule is O=C([O-])c1sc(-c2cccc(F)c2)nc1OCc1ccccc1Cl.[Na+]. The number of hydrogen-bond donors (Lipinski definition) is 0. The average molecular weight is 386 g/mol. The first-order valence-electron chi connectivity index (χ1n) is 6.89. The molecule has 0 aliphatic rings. The smallest absolute Gasteiger partial charge is 0.544 e. The molecule has 0 fully saturated rings. The molecule has 0 saturated carbocycles. The number of hydrogen-bond acceptors (Lipinski definition) is 5. The fraction of sp³-hybridized carbons (Fsp3) is 0.0588. The molecule has 0 amide bonds. The number of halogens is 2. The number of rotatable bonds is 5. The van der Waals surface area contributed by atoms with Crippen molar-refractivity contribution in [3.8, 4) is 16.5 Å². The predicted molar refractivity (Wildman–Crippen MR) is 87.6 cm³/mol. The van der Waals surface area contributed by atoms with Gasteiger partial charge in [0.1, 0.15) is 22.3 Å². The molecule has 8 heteroatoms. The van der Waals surface area contributed by atoms with Crippen molar-refractivity contribution in [1.29, 1.82) is 0 Å². The topological polar surface area (TPSA) is 62.2 Å². The van der Waals surface area contributed by atoms with E-state index in [1.54, 1.807) is 30.3 Å². The van der Waals surface area contributed by atoms with Gasteiger partial charge in [0.25, 0.3) is 0 Å². The maximum atomic E-state index is 13.3. The van der Waals surface area contributed by atoms with E-state index >= 15 is 0 Å². The number of aromatic nitrogens is 1. The van der Waals surface area contributed by atoms with Gasteiger partial charge in [-0.15, -0.1) is 11.3 Å². The molecule has 25 heavy (non-hydrogen) atoms. The maximum Gasteiger partial charge on any atom is 1.00 e. The summed E-state index contributed by atoms with van der Waals surface area (Å²) < 4.78 is 18.8. The van der Waals surface area contributed by atoms with Crippen LogP contribution >= 0.6 is 22.9 Å². The maximum absolute atomic E-state index is 13.3. The van der Waals surface area contributed by atoms with Crippen molar-refractivity contribution in [2.45, 2.75) is 6.61 Å². The third-order valence-corrected chi connectivity index (χ3v) is 4.61.